The molecule has 0 bridgehead atoms. The number of likely N-dealkylation sites (tertiary alicyclic amines) is 1. The van der Waals surface area contributed by atoms with Crippen LogP contribution in [0.4, 0.5) is 0 Å². The normalized spacial score (nSPS) is 14.5. The van der Waals surface area contributed by atoms with Crippen LogP contribution in [0.15, 0.2) is 29.2 Å². The SMILES string of the molecule is O=C(Cc1ccc(S)cc1)NCC(=O)N1CCCC1. The average molecular weight is 278 g/mol. The first-order valence-corrected chi connectivity index (χ1v) is 6.92. The molecule has 0 radical (unpaired) electrons. The molecule has 2 rings (SSSR count). The van der Waals surface area contributed by atoms with Crippen molar-refractivity contribution in [2.45, 2.75) is 24.2 Å². The third kappa shape index (κ3) is 4.28. The van der Waals surface area contributed by atoms with E-state index in [0.717, 1.165) is 36.4 Å². The van der Waals surface area contributed by atoms with Gasteiger partial charge in [0.25, 0.3) is 0 Å². The number of benzene rings is 1. The molecular weight excluding hydrogens is 260 g/mol. The lowest BCUT2D eigenvalue weighted by Gasteiger charge is -2.15. The van der Waals surface area contributed by atoms with Gasteiger partial charge >= 0.3 is 0 Å². The number of carbonyl (C=O) groups excluding carboxylic acids is 2. The highest BCUT2D eigenvalue weighted by atomic mass is 32.1. The summed E-state index contributed by atoms with van der Waals surface area (Å²) < 4.78 is 0. The lowest BCUT2D eigenvalue weighted by Crippen LogP contribution is -2.39. The van der Waals surface area contributed by atoms with Crippen molar-refractivity contribution in [2.24, 2.45) is 0 Å². The molecular formula is C14H18N2O2S. The topological polar surface area (TPSA) is 49.4 Å². The Hall–Kier alpha value is -1.49. The highest BCUT2D eigenvalue weighted by Crippen LogP contribution is 2.08. The number of hydrogen-bond acceptors (Lipinski definition) is 3. The van der Waals surface area contributed by atoms with E-state index >= 15 is 0 Å². The van der Waals surface area contributed by atoms with E-state index in [9.17, 15) is 9.59 Å². The second-order valence-electron chi connectivity index (χ2n) is 4.71. The number of rotatable bonds is 4. The summed E-state index contributed by atoms with van der Waals surface area (Å²) in [5.74, 6) is -0.115. The zero-order valence-electron chi connectivity index (χ0n) is 10.8. The molecule has 0 aromatic heterocycles. The molecule has 1 heterocycles. The van der Waals surface area contributed by atoms with Crippen LogP contribution < -0.4 is 5.32 Å². The lowest BCUT2D eigenvalue weighted by atomic mass is 10.1. The van der Waals surface area contributed by atoms with Crippen molar-refractivity contribution in [3.8, 4) is 0 Å². The molecule has 1 fully saturated rings. The summed E-state index contributed by atoms with van der Waals surface area (Å²) in [4.78, 5) is 26.1. The number of nitrogens with zero attached hydrogens (tertiary/aromatic N) is 1. The maximum absolute atomic E-state index is 11.7. The van der Waals surface area contributed by atoms with Gasteiger partial charge < -0.3 is 10.2 Å². The van der Waals surface area contributed by atoms with E-state index in [1.807, 2.05) is 24.3 Å². The van der Waals surface area contributed by atoms with Crippen molar-refractivity contribution < 1.29 is 9.59 Å². The lowest BCUT2D eigenvalue weighted by molar-refractivity contribution is -0.131. The fourth-order valence-corrected chi connectivity index (χ4v) is 2.26. The summed E-state index contributed by atoms with van der Waals surface area (Å²) in [5.41, 5.74) is 0.920. The van der Waals surface area contributed by atoms with E-state index in [4.69, 9.17) is 0 Å². The first-order valence-electron chi connectivity index (χ1n) is 6.47. The molecule has 1 N–H and O–H groups in total. The molecule has 0 spiro atoms. The molecule has 0 aliphatic carbocycles. The van der Waals surface area contributed by atoms with Crippen molar-refractivity contribution in [3.63, 3.8) is 0 Å². The van der Waals surface area contributed by atoms with Gasteiger partial charge in [0.1, 0.15) is 0 Å². The molecule has 5 heteroatoms. The van der Waals surface area contributed by atoms with E-state index in [1.54, 1.807) is 4.90 Å². The Kier molecular flexibility index (Phi) is 4.85. The maximum Gasteiger partial charge on any atom is 0.241 e. The predicted molar refractivity (Wildman–Crippen MR) is 76.2 cm³/mol. The second-order valence-corrected chi connectivity index (χ2v) is 5.22. The van der Waals surface area contributed by atoms with E-state index in [1.165, 1.54) is 0 Å². The number of hydrogen-bond donors (Lipinski definition) is 2. The summed E-state index contributed by atoms with van der Waals surface area (Å²) in [6, 6.07) is 7.43. The fraction of sp³-hybridized carbons (Fsp3) is 0.429. The Morgan fingerprint density at radius 3 is 2.42 bits per heavy atom. The molecule has 1 aromatic carbocycles. The largest absolute Gasteiger partial charge is 0.347 e. The van der Waals surface area contributed by atoms with Gasteiger partial charge in [-0.05, 0) is 30.5 Å². The number of carbonyl (C=O) groups is 2. The minimum atomic E-state index is -0.125. The van der Waals surface area contributed by atoms with Gasteiger partial charge in [0.05, 0.1) is 13.0 Å². The number of amides is 2. The van der Waals surface area contributed by atoms with Gasteiger partial charge in [0, 0.05) is 18.0 Å². The Bertz CT molecular complexity index is 453. The Balaban J connectivity index is 1.75. The van der Waals surface area contributed by atoms with Gasteiger partial charge in [-0.15, -0.1) is 12.6 Å². The van der Waals surface area contributed by atoms with Crippen LogP contribution >= 0.6 is 12.6 Å². The van der Waals surface area contributed by atoms with E-state index in [0.29, 0.717) is 6.42 Å². The molecule has 0 atom stereocenters. The number of thiol groups is 1. The summed E-state index contributed by atoms with van der Waals surface area (Å²) in [6.07, 6.45) is 2.42. The minimum absolute atomic E-state index is 0.0107. The van der Waals surface area contributed by atoms with Crippen LogP contribution in [0, 0.1) is 0 Å². The number of nitrogens with one attached hydrogen (secondary N) is 1. The van der Waals surface area contributed by atoms with Crippen LogP contribution in [0.1, 0.15) is 18.4 Å². The van der Waals surface area contributed by atoms with Crippen LogP contribution in [0.2, 0.25) is 0 Å². The predicted octanol–water partition coefficient (Wildman–Crippen LogP) is 1.26. The van der Waals surface area contributed by atoms with Gasteiger partial charge in [0.2, 0.25) is 11.8 Å². The molecule has 0 saturated carbocycles. The quantitative estimate of drug-likeness (QED) is 0.815. The minimum Gasteiger partial charge on any atom is -0.347 e. The van der Waals surface area contributed by atoms with Gasteiger partial charge in [-0.2, -0.15) is 0 Å². The molecule has 1 aliphatic heterocycles. The fourth-order valence-electron chi connectivity index (χ4n) is 2.11. The standard InChI is InChI=1S/C14H18N2O2S/c17-13(9-11-3-5-12(19)6-4-11)15-10-14(18)16-7-1-2-8-16/h3-6,19H,1-2,7-10H2,(H,15,17). The Labute approximate surface area is 118 Å². The molecule has 4 nitrogen and oxygen atoms in total. The molecule has 1 aliphatic rings. The van der Waals surface area contributed by atoms with Crippen molar-refractivity contribution in [3.05, 3.63) is 29.8 Å². The molecule has 1 aromatic rings. The van der Waals surface area contributed by atoms with Crippen LogP contribution in [0.25, 0.3) is 0 Å². The summed E-state index contributed by atoms with van der Waals surface area (Å²) in [7, 11) is 0. The zero-order chi connectivity index (χ0) is 13.7. The van der Waals surface area contributed by atoms with Crippen LogP contribution in [0.3, 0.4) is 0 Å². The maximum atomic E-state index is 11.7. The van der Waals surface area contributed by atoms with Gasteiger partial charge in [-0.1, -0.05) is 12.1 Å². The average Bonchev–Trinajstić information content (AvgIpc) is 2.93. The highest BCUT2D eigenvalue weighted by Gasteiger charge is 2.17. The van der Waals surface area contributed by atoms with Gasteiger partial charge in [-0.25, -0.2) is 0 Å². The third-order valence-electron chi connectivity index (χ3n) is 3.20. The molecule has 102 valence electrons. The third-order valence-corrected chi connectivity index (χ3v) is 3.49. The monoisotopic (exact) mass is 278 g/mol. The first kappa shape index (κ1) is 13.9. The van der Waals surface area contributed by atoms with Gasteiger partial charge in [-0.3, -0.25) is 9.59 Å². The molecule has 19 heavy (non-hydrogen) atoms. The molecule has 2 amide bonds. The van der Waals surface area contributed by atoms with Gasteiger partial charge in [0.15, 0.2) is 0 Å². The van der Waals surface area contributed by atoms with E-state index in [2.05, 4.69) is 17.9 Å². The van der Waals surface area contributed by atoms with E-state index < -0.39 is 0 Å². The van der Waals surface area contributed by atoms with Crippen molar-refractivity contribution in [1.82, 2.24) is 10.2 Å². The summed E-state index contributed by atoms with van der Waals surface area (Å²) in [6.45, 7) is 1.74. The van der Waals surface area contributed by atoms with Crippen LogP contribution in [-0.2, 0) is 16.0 Å². The Morgan fingerprint density at radius 2 is 1.79 bits per heavy atom. The van der Waals surface area contributed by atoms with Crippen molar-refractivity contribution >= 4 is 24.4 Å². The highest BCUT2D eigenvalue weighted by molar-refractivity contribution is 7.80. The first-order chi connectivity index (χ1) is 9.15. The summed E-state index contributed by atoms with van der Waals surface area (Å²) in [5, 5.41) is 2.67. The van der Waals surface area contributed by atoms with Crippen LogP contribution in [-0.4, -0.2) is 36.3 Å². The van der Waals surface area contributed by atoms with Crippen molar-refractivity contribution in [1.29, 1.82) is 0 Å². The second kappa shape index (κ2) is 6.61. The molecule has 0 unspecified atom stereocenters. The molecule has 1 saturated heterocycles. The Morgan fingerprint density at radius 1 is 1.16 bits per heavy atom. The smallest absolute Gasteiger partial charge is 0.241 e. The summed E-state index contributed by atoms with van der Waals surface area (Å²) >= 11 is 4.19. The van der Waals surface area contributed by atoms with Crippen molar-refractivity contribution in [2.75, 3.05) is 19.6 Å². The van der Waals surface area contributed by atoms with E-state index in [-0.39, 0.29) is 18.4 Å². The zero-order valence-corrected chi connectivity index (χ0v) is 11.7. The van der Waals surface area contributed by atoms with Crippen LogP contribution in [0.5, 0.6) is 0 Å².